The third-order valence-corrected chi connectivity index (χ3v) is 3.80. The molecule has 4 nitrogen and oxygen atoms in total. The molecule has 1 aliphatic rings. The molecule has 1 saturated heterocycles. The Hall–Kier alpha value is -0.870. The van der Waals surface area contributed by atoms with Crippen molar-refractivity contribution in [3.63, 3.8) is 0 Å². The second-order valence-corrected chi connectivity index (χ2v) is 5.42. The van der Waals surface area contributed by atoms with Crippen molar-refractivity contribution >= 4 is 0 Å². The average molecular weight is 265 g/mol. The lowest BCUT2D eigenvalue weighted by Gasteiger charge is -2.21. The Balaban J connectivity index is 1.97. The van der Waals surface area contributed by atoms with Crippen LogP contribution in [0.15, 0.2) is 6.07 Å². The Bertz CT molecular complexity index is 383. The first-order valence-corrected chi connectivity index (χ1v) is 7.61. The number of hydrogen-bond donors (Lipinski definition) is 1. The van der Waals surface area contributed by atoms with Crippen molar-refractivity contribution in [2.75, 3.05) is 13.2 Å². The number of nitrogens with zero attached hydrogens (tertiary/aromatic N) is 2. The molecule has 0 aromatic carbocycles. The predicted molar refractivity (Wildman–Crippen MR) is 77.4 cm³/mol. The molecule has 0 radical (unpaired) electrons. The SMILES string of the molecule is CCNC(Cc1cc(C)nn1CC)CC1CCCO1. The lowest BCUT2D eigenvalue weighted by molar-refractivity contribution is 0.0945. The number of likely N-dealkylation sites (N-methyl/N-ethyl adjacent to an activating group) is 1. The quantitative estimate of drug-likeness (QED) is 0.822. The van der Waals surface area contributed by atoms with Crippen LogP contribution in [0.5, 0.6) is 0 Å². The highest BCUT2D eigenvalue weighted by Crippen LogP contribution is 2.19. The zero-order chi connectivity index (χ0) is 13.7. The van der Waals surface area contributed by atoms with Gasteiger partial charge in [0.1, 0.15) is 0 Å². The minimum absolute atomic E-state index is 0.447. The summed E-state index contributed by atoms with van der Waals surface area (Å²) < 4.78 is 7.89. The second kappa shape index (κ2) is 7.06. The van der Waals surface area contributed by atoms with Crippen molar-refractivity contribution in [3.05, 3.63) is 17.5 Å². The van der Waals surface area contributed by atoms with E-state index in [0.717, 1.165) is 38.2 Å². The molecule has 1 aromatic heterocycles. The summed E-state index contributed by atoms with van der Waals surface area (Å²) in [5.74, 6) is 0. The van der Waals surface area contributed by atoms with Gasteiger partial charge in [-0.2, -0.15) is 5.10 Å². The van der Waals surface area contributed by atoms with E-state index in [1.807, 2.05) is 0 Å². The fourth-order valence-electron chi connectivity index (χ4n) is 2.96. The Morgan fingerprint density at radius 1 is 1.53 bits per heavy atom. The van der Waals surface area contributed by atoms with Crippen LogP contribution in [0.3, 0.4) is 0 Å². The summed E-state index contributed by atoms with van der Waals surface area (Å²) in [5.41, 5.74) is 2.45. The van der Waals surface area contributed by atoms with Crippen LogP contribution in [-0.2, 0) is 17.7 Å². The summed E-state index contributed by atoms with van der Waals surface area (Å²) in [7, 11) is 0. The van der Waals surface area contributed by atoms with Gasteiger partial charge in [-0.3, -0.25) is 4.68 Å². The van der Waals surface area contributed by atoms with Crippen molar-refractivity contribution in [3.8, 4) is 0 Å². The van der Waals surface area contributed by atoms with Gasteiger partial charge in [-0.15, -0.1) is 0 Å². The molecule has 2 atom stereocenters. The number of rotatable bonds is 7. The minimum Gasteiger partial charge on any atom is -0.378 e. The molecule has 1 N–H and O–H groups in total. The molecule has 0 spiro atoms. The molecule has 1 aromatic rings. The highest BCUT2D eigenvalue weighted by Gasteiger charge is 2.21. The Kier molecular flexibility index (Phi) is 5.40. The van der Waals surface area contributed by atoms with Crippen molar-refractivity contribution in [1.82, 2.24) is 15.1 Å². The van der Waals surface area contributed by atoms with Crippen molar-refractivity contribution in [2.24, 2.45) is 0 Å². The largest absolute Gasteiger partial charge is 0.378 e. The van der Waals surface area contributed by atoms with Gasteiger partial charge < -0.3 is 10.1 Å². The van der Waals surface area contributed by atoms with Gasteiger partial charge in [0.15, 0.2) is 0 Å². The monoisotopic (exact) mass is 265 g/mol. The fraction of sp³-hybridized carbons (Fsp3) is 0.800. The highest BCUT2D eigenvalue weighted by molar-refractivity contribution is 5.10. The number of aryl methyl sites for hydroxylation is 2. The number of aromatic nitrogens is 2. The van der Waals surface area contributed by atoms with E-state index in [-0.39, 0.29) is 0 Å². The van der Waals surface area contributed by atoms with Gasteiger partial charge in [0.2, 0.25) is 0 Å². The van der Waals surface area contributed by atoms with Gasteiger partial charge in [0.05, 0.1) is 11.8 Å². The fourth-order valence-corrected chi connectivity index (χ4v) is 2.96. The van der Waals surface area contributed by atoms with Gasteiger partial charge in [-0.1, -0.05) is 6.92 Å². The van der Waals surface area contributed by atoms with Gasteiger partial charge in [0, 0.05) is 31.3 Å². The molecule has 0 saturated carbocycles. The minimum atomic E-state index is 0.447. The van der Waals surface area contributed by atoms with Gasteiger partial charge in [0.25, 0.3) is 0 Å². The Morgan fingerprint density at radius 3 is 3.00 bits per heavy atom. The van der Waals surface area contributed by atoms with Crippen LogP contribution in [0.2, 0.25) is 0 Å². The van der Waals surface area contributed by atoms with E-state index in [9.17, 15) is 0 Å². The van der Waals surface area contributed by atoms with Crippen LogP contribution in [0, 0.1) is 6.92 Å². The number of nitrogens with one attached hydrogen (secondary N) is 1. The summed E-state index contributed by atoms with van der Waals surface area (Å²) in [5, 5.41) is 8.13. The van der Waals surface area contributed by atoms with Gasteiger partial charge in [-0.05, 0) is 45.7 Å². The lowest BCUT2D eigenvalue weighted by atomic mass is 10.0. The van der Waals surface area contributed by atoms with E-state index in [1.165, 1.54) is 18.5 Å². The van der Waals surface area contributed by atoms with E-state index in [4.69, 9.17) is 4.74 Å². The van der Waals surface area contributed by atoms with E-state index in [2.05, 4.69) is 41.9 Å². The topological polar surface area (TPSA) is 39.1 Å². The molecule has 2 unspecified atom stereocenters. The second-order valence-electron chi connectivity index (χ2n) is 5.42. The molecule has 1 aliphatic heterocycles. The van der Waals surface area contributed by atoms with E-state index in [1.54, 1.807) is 0 Å². The third kappa shape index (κ3) is 4.05. The van der Waals surface area contributed by atoms with Gasteiger partial charge >= 0.3 is 0 Å². The molecule has 4 heteroatoms. The van der Waals surface area contributed by atoms with E-state index < -0.39 is 0 Å². The molecule has 0 amide bonds. The maximum atomic E-state index is 5.77. The van der Waals surface area contributed by atoms with Crippen LogP contribution in [-0.4, -0.2) is 35.1 Å². The number of ether oxygens (including phenoxy) is 1. The molecular formula is C15H27N3O. The van der Waals surface area contributed by atoms with Crippen LogP contribution < -0.4 is 5.32 Å². The van der Waals surface area contributed by atoms with Crippen molar-refractivity contribution in [1.29, 1.82) is 0 Å². The predicted octanol–water partition coefficient (Wildman–Crippen LogP) is 2.30. The van der Waals surface area contributed by atoms with Crippen molar-refractivity contribution in [2.45, 2.75) is 65.1 Å². The zero-order valence-electron chi connectivity index (χ0n) is 12.5. The first-order valence-electron chi connectivity index (χ1n) is 7.61. The van der Waals surface area contributed by atoms with E-state index >= 15 is 0 Å². The number of hydrogen-bond acceptors (Lipinski definition) is 3. The summed E-state index contributed by atoms with van der Waals surface area (Å²) in [6.45, 7) is 9.29. The normalized spacial score (nSPS) is 20.9. The summed E-state index contributed by atoms with van der Waals surface area (Å²) in [6, 6.07) is 2.71. The Labute approximate surface area is 116 Å². The van der Waals surface area contributed by atoms with Crippen molar-refractivity contribution < 1.29 is 4.74 Å². The van der Waals surface area contributed by atoms with Crippen LogP contribution in [0.25, 0.3) is 0 Å². The summed E-state index contributed by atoms with van der Waals surface area (Å²) >= 11 is 0. The molecule has 2 rings (SSSR count). The first-order chi connectivity index (χ1) is 9.22. The summed E-state index contributed by atoms with van der Waals surface area (Å²) in [4.78, 5) is 0. The molecule has 108 valence electrons. The molecule has 1 fully saturated rings. The Morgan fingerprint density at radius 2 is 2.37 bits per heavy atom. The van der Waals surface area contributed by atoms with Crippen LogP contribution in [0.1, 0.15) is 44.5 Å². The maximum absolute atomic E-state index is 5.77. The van der Waals surface area contributed by atoms with Crippen LogP contribution >= 0.6 is 0 Å². The average Bonchev–Trinajstić information content (AvgIpc) is 2.99. The maximum Gasteiger partial charge on any atom is 0.0596 e. The third-order valence-electron chi connectivity index (χ3n) is 3.80. The first kappa shape index (κ1) is 14.5. The molecular weight excluding hydrogens is 238 g/mol. The molecule has 0 bridgehead atoms. The standard InChI is InChI=1S/C15H27N3O/c1-4-16-13(11-15-7-6-8-19-15)10-14-9-12(3)17-18(14)5-2/h9,13,15-16H,4-8,10-11H2,1-3H3. The molecule has 2 heterocycles. The molecule has 19 heavy (non-hydrogen) atoms. The highest BCUT2D eigenvalue weighted by atomic mass is 16.5. The zero-order valence-corrected chi connectivity index (χ0v) is 12.5. The molecule has 0 aliphatic carbocycles. The van der Waals surface area contributed by atoms with E-state index in [0.29, 0.717) is 12.1 Å². The van der Waals surface area contributed by atoms with Crippen LogP contribution in [0.4, 0.5) is 0 Å². The summed E-state index contributed by atoms with van der Waals surface area (Å²) in [6.07, 6.45) is 5.04. The lowest BCUT2D eigenvalue weighted by Crippen LogP contribution is -2.35. The smallest absolute Gasteiger partial charge is 0.0596 e. The van der Waals surface area contributed by atoms with Gasteiger partial charge in [-0.25, -0.2) is 0 Å².